The van der Waals surface area contributed by atoms with Crippen molar-refractivity contribution >= 4 is 20.9 Å². The number of unbranched alkanes of at least 4 members (excludes halogenated alkanes) is 11. The van der Waals surface area contributed by atoms with Crippen molar-refractivity contribution in [3.8, 4) is 5.75 Å². The Morgan fingerprint density at radius 3 is 1.93 bits per heavy atom. The van der Waals surface area contributed by atoms with Gasteiger partial charge in [-0.15, -0.1) is 0 Å². The number of ether oxygens (including phenoxy) is 1. The lowest BCUT2D eigenvalue weighted by Gasteiger charge is -2.12. The summed E-state index contributed by atoms with van der Waals surface area (Å²) in [5.41, 5.74) is 1.14. The van der Waals surface area contributed by atoms with Gasteiger partial charge in [-0.2, -0.15) is 8.42 Å². The summed E-state index contributed by atoms with van der Waals surface area (Å²) in [4.78, 5) is -0.103. The lowest BCUT2D eigenvalue weighted by atomic mass is 10.0. The fraction of sp³-hybridized carbons (Fsp3) is 0.600. The third kappa shape index (κ3) is 7.92. The Kier molecular flexibility index (Phi) is 10.7. The molecule has 0 unspecified atom stereocenters. The first-order chi connectivity index (χ1) is 14.5. The molecule has 0 amide bonds. The average molecular weight is 435 g/mol. The van der Waals surface area contributed by atoms with Crippen LogP contribution in [0.5, 0.6) is 5.75 Å². The maximum atomic E-state index is 11.7. The topological polar surface area (TPSA) is 63.6 Å². The Morgan fingerprint density at radius 1 is 0.833 bits per heavy atom. The van der Waals surface area contributed by atoms with Crippen LogP contribution in [0, 0.1) is 0 Å². The maximum Gasteiger partial charge on any atom is 0.295 e. The van der Waals surface area contributed by atoms with Crippen LogP contribution in [0.3, 0.4) is 0 Å². The highest BCUT2D eigenvalue weighted by molar-refractivity contribution is 7.86. The van der Waals surface area contributed by atoms with Crippen LogP contribution in [0.25, 0.3) is 10.8 Å². The van der Waals surface area contributed by atoms with E-state index in [0.29, 0.717) is 11.1 Å². The standard InChI is InChI=1S/C25H38O4S/c1-3-4-5-6-7-8-9-10-11-12-13-14-16-21-19-22-17-15-18-24(30(26,27)28)25(22)23(20-21)29-2/h15,17-20H,3-14,16H2,1-2H3,(H,26,27,28). The first-order valence-electron chi connectivity index (χ1n) is 11.5. The zero-order chi connectivity index (χ0) is 21.8. The molecule has 0 spiro atoms. The fourth-order valence-corrected chi connectivity index (χ4v) is 4.83. The number of hydrogen-bond acceptors (Lipinski definition) is 3. The van der Waals surface area contributed by atoms with E-state index in [9.17, 15) is 13.0 Å². The molecule has 0 aliphatic heterocycles. The Labute approximate surface area is 182 Å². The van der Waals surface area contributed by atoms with Crippen LogP contribution >= 0.6 is 0 Å². The Morgan fingerprint density at radius 2 is 1.40 bits per heavy atom. The predicted molar refractivity (Wildman–Crippen MR) is 125 cm³/mol. The van der Waals surface area contributed by atoms with Crippen LogP contribution in [-0.4, -0.2) is 20.1 Å². The van der Waals surface area contributed by atoms with E-state index < -0.39 is 10.1 Å². The van der Waals surface area contributed by atoms with E-state index in [1.807, 2.05) is 18.2 Å². The molecule has 5 heteroatoms. The summed E-state index contributed by atoms with van der Waals surface area (Å²) in [6, 6.07) is 8.82. The van der Waals surface area contributed by atoms with Crippen LogP contribution < -0.4 is 4.74 Å². The summed E-state index contributed by atoms with van der Waals surface area (Å²) in [7, 11) is -2.76. The number of rotatable bonds is 15. The maximum absolute atomic E-state index is 11.7. The van der Waals surface area contributed by atoms with Gasteiger partial charge in [-0.3, -0.25) is 4.55 Å². The van der Waals surface area contributed by atoms with Gasteiger partial charge in [0.15, 0.2) is 0 Å². The molecule has 2 aromatic rings. The largest absolute Gasteiger partial charge is 0.496 e. The molecule has 0 radical (unpaired) electrons. The zero-order valence-electron chi connectivity index (χ0n) is 18.7. The van der Waals surface area contributed by atoms with Crippen molar-refractivity contribution in [2.75, 3.05) is 7.11 Å². The molecular formula is C25H38O4S. The molecule has 0 aliphatic rings. The molecule has 0 fully saturated rings. The van der Waals surface area contributed by atoms with E-state index in [1.165, 1.54) is 83.8 Å². The Hall–Kier alpha value is -1.59. The van der Waals surface area contributed by atoms with E-state index in [0.717, 1.165) is 23.8 Å². The number of benzene rings is 2. The highest BCUT2D eigenvalue weighted by atomic mass is 32.2. The smallest absolute Gasteiger partial charge is 0.295 e. The molecule has 30 heavy (non-hydrogen) atoms. The van der Waals surface area contributed by atoms with Crippen molar-refractivity contribution in [3.63, 3.8) is 0 Å². The zero-order valence-corrected chi connectivity index (χ0v) is 19.5. The minimum atomic E-state index is -4.30. The van der Waals surface area contributed by atoms with Crippen molar-refractivity contribution in [2.24, 2.45) is 0 Å². The highest BCUT2D eigenvalue weighted by Crippen LogP contribution is 2.33. The summed E-state index contributed by atoms with van der Waals surface area (Å²) in [5, 5.41) is 1.22. The SMILES string of the molecule is CCCCCCCCCCCCCCc1cc(OC)c2c(S(=O)(=O)O)cccc2c1. The molecule has 4 nitrogen and oxygen atoms in total. The van der Waals surface area contributed by atoms with E-state index in [2.05, 4.69) is 6.92 Å². The molecule has 1 N–H and O–H groups in total. The second-order valence-corrected chi connectivity index (χ2v) is 9.66. The van der Waals surface area contributed by atoms with Gasteiger partial charge in [0, 0.05) is 5.39 Å². The summed E-state index contributed by atoms with van der Waals surface area (Å²) in [5.74, 6) is 0.495. The van der Waals surface area contributed by atoms with E-state index in [1.54, 1.807) is 6.07 Å². The predicted octanol–water partition coefficient (Wildman–Crippen LogP) is 7.34. The summed E-state index contributed by atoms with van der Waals surface area (Å²) in [6.07, 6.45) is 16.8. The second-order valence-electron chi connectivity index (χ2n) is 8.27. The molecule has 0 bridgehead atoms. The second kappa shape index (κ2) is 13.0. The first kappa shape index (κ1) is 24.7. The molecule has 0 saturated carbocycles. The Bertz CT molecular complexity index is 874. The first-order valence-corrected chi connectivity index (χ1v) is 13.0. The van der Waals surface area contributed by atoms with E-state index >= 15 is 0 Å². The van der Waals surface area contributed by atoms with Gasteiger partial charge in [-0.05, 0) is 35.9 Å². The van der Waals surface area contributed by atoms with E-state index in [4.69, 9.17) is 4.74 Å². The number of methoxy groups -OCH3 is 1. The lowest BCUT2D eigenvalue weighted by Crippen LogP contribution is -2.01. The Balaban J connectivity index is 1.77. The van der Waals surface area contributed by atoms with Gasteiger partial charge in [0.1, 0.15) is 10.6 Å². The van der Waals surface area contributed by atoms with Gasteiger partial charge in [0.25, 0.3) is 10.1 Å². The van der Waals surface area contributed by atoms with Gasteiger partial charge >= 0.3 is 0 Å². The highest BCUT2D eigenvalue weighted by Gasteiger charge is 2.17. The van der Waals surface area contributed by atoms with Crippen LogP contribution in [0.4, 0.5) is 0 Å². The monoisotopic (exact) mass is 434 g/mol. The minimum Gasteiger partial charge on any atom is -0.496 e. The molecule has 0 atom stereocenters. The lowest BCUT2D eigenvalue weighted by molar-refractivity contribution is 0.418. The normalized spacial score (nSPS) is 11.8. The van der Waals surface area contributed by atoms with E-state index in [-0.39, 0.29) is 4.90 Å². The van der Waals surface area contributed by atoms with Crippen LogP contribution in [0.2, 0.25) is 0 Å². The third-order valence-corrected chi connectivity index (χ3v) is 6.68. The van der Waals surface area contributed by atoms with Gasteiger partial charge in [0.05, 0.1) is 7.11 Å². The van der Waals surface area contributed by atoms with Gasteiger partial charge in [-0.1, -0.05) is 95.8 Å². The third-order valence-electron chi connectivity index (χ3n) is 5.78. The van der Waals surface area contributed by atoms with Gasteiger partial charge < -0.3 is 4.74 Å². The van der Waals surface area contributed by atoms with Crippen LogP contribution in [0.1, 0.15) is 89.5 Å². The average Bonchev–Trinajstić information content (AvgIpc) is 2.72. The van der Waals surface area contributed by atoms with Crippen molar-refractivity contribution in [1.82, 2.24) is 0 Å². The quantitative estimate of drug-likeness (QED) is 0.235. The molecule has 2 rings (SSSR count). The number of fused-ring (bicyclic) bond motifs is 1. The van der Waals surface area contributed by atoms with Gasteiger partial charge in [-0.25, -0.2) is 0 Å². The minimum absolute atomic E-state index is 0.103. The summed E-state index contributed by atoms with van der Waals surface area (Å²) < 4.78 is 38.4. The molecule has 168 valence electrons. The molecule has 0 aromatic heterocycles. The molecular weight excluding hydrogens is 396 g/mol. The molecule has 2 aromatic carbocycles. The van der Waals surface area contributed by atoms with Crippen LogP contribution in [-0.2, 0) is 16.5 Å². The van der Waals surface area contributed by atoms with Crippen molar-refractivity contribution in [3.05, 3.63) is 35.9 Å². The fourth-order valence-electron chi connectivity index (χ4n) is 4.10. The molecule has 0 aliphatic carbocycles. The van der Waals surface area contributed by atoms with Gasteiger partial charge in [0.2, 0.25) is 0 Å². The van der Waals surface area contributed by atoms with Crippen LogP contribution in [0.15, 0.2) is 35.2 Å². The number of aryl methyl sites for hydroxylation is 1. The van der Waals surface area contributed by atoms with Crippen molar-refractivity contribution in [1.29, 1.82) is 0 Å². The number of hydrogen-bond donors (Lipinski definition) is 1. The molecule has 0 saturated heterocycles. The van der Waals surface area contributed by atoms with Crippen molar-refractivity contribution < 1.29 is 17.7 Å². The molecule has 0 heterocycles. The summed E-state index contributed by atoms with van der Waals surface area (Å²) >= 11 is 0. The van der Waals surface area contributed by atoms with Crippen molar-refractivity contribution in [2.45, 2.75) is 95.3 Å². The summed E-state index contributed by atoms with van der Waals surface area (Å²) in [6.45, 7) is 2.26.